The normalized spacial score (nSPS) is 25.1. The zero-order valence-corrected chi connectivity index (χ0v) is 9.85. The van der Waals surface area contributed by atoms with Gasteiger partial charge in [-0.2, -0.15) is 13.2 Å². The molecule has 1 amide bonds. The highest BCUT2D eigenvalue weighted by Crippen LogP contribution is 2.30. The van der Waals surface area contributed by atoms with Crippen LogP contribution in [-0.2, 0) is 9.59 Å². The predicted molar refractivity (Wildman–Crippen MR) is 55.5 cm³/mol. The number of amides is 1. The van der Waals surface area contributed by atoms with Gasteiger partial charge in [0.05, 0.1) is 11.8 Å². The Morgan fingerprint density at radius 1 is 1.47 bits per heavy atom. The molecule has 4 nitrogen and oxygen atoms in total. The number of carbonyl (C=O) groups is 2. The average molecular weight is 271 g/mol. The Morgan fingerprint density at radius 2 is 2.06 bits per heavy atom. The molecule has 1 N–H and O–H groups in total. The molecule has 1 aliphatic heterocycles. The molecule has 2 atom stereocenters. The highest BCUT2D eigenvalue weighted by atomic mass is 32.2. The van der Waals surface area contributed by atoms with Crippen LogP contribution in [0.3, 0.4) is 0 Å². The summed E-state index contributed by atoms with van der Waals surface area (Å²) in [6.45, 7) is 1.61. The summed E-state index contributed by atoms with van der Waals surface area (Å²) in [7, 11) is 0. The van der Waals surface area contributed by atoms with Crippen molar-refractivity contribution in [2.45, 2.75) is 37.4 Å². The minimum Gasteiger partial charge on any atom is -0.480 e. The second kappa shape index (κ2) is 5.16. The van der Waals surface area contributed by atoms with Crippen LogP contribution in [0, 0.1) is 0 Å². The van der Waals surface area contributed by atoms with Crippen molar-refractivity contribution < 1.29 is 27.9 Å². The summed E-state index contributed by atoms with van der Waals surface area (Å²) in [6, 6.07) is -1.02. The van der Waals surface area contributed by atoms with E-state index in [4.69, 9.17) is 5.11 Å². The van der Waals surface area contributed by atoms with Crippen molar-refractivity contribution in [1.29, 1.82) is 0 Å². The zero-order valence-electron chi connectivity index (χ0n) is 9.03. The van der Waals surface area contributed by atoms with Gasteiger partial charge in [-0.15, -0.1) is 11.8 Å². The number of rotatable bonds is 3. The minimum absolute atomic E-state index is 0.217. The summed E-state index contributed by atoms with van der Waals surface area (Å²) in [5.74, 6) is -1.72. The number of carboxylic acid groups (broad SMARTS) is 1. The summed E-state index contributed by atoms with van der Waals surface area (Å²) in [4.78, 5) is 23.4. The first-order chi connectivity index (χ1) is 7.72. The molecule has 0 spiro atoms. The molecule has 0 aromatic heterocycles. The van der Waals surface area contributed by atoms with Crippen LogP contribution in [-0.4, -0.2) is 45.2 Å². The van der Waals surface area contributed by atoms with Crippen LogP contribution in [0.4, 0.5) is 13.2 Å². The first kappa shape index (κ1) is 14.1. The number of nitrogens with zero attached hydrogens (tertiary/aromatic N) is 1. The van der Waals surface area contributed by atoms with E-state index < -0.39 is 42.3 Å². The number of halogens is 3. The van der Waals surface area contributed by atoms with E-state index in [1.807, 2.05) is 0 Å². The molecule has 0 radical (unpaired) electrons. The molecule has 0 bridgehead atoms. The second-order valence-electron chi connectivity index (χ2n) is 3.70. The van der Waals surface area contributed by atoms with E-state index in [1.165, 1.54) is 11.8 Å². The highest BCUT2D eigenvalue weighted by Gasteiger charge is 2.40. The number of thioether (sulfide) groups is 1. The van der Waals surface area contributed by atoms with Crippen molar-refractivity contribution in [2.75, 3.05) is 5.75 Å². The summed E-state index contributed by atoms with van der Waals surface area (Å²) >= 11 is 1.25. The summed E-state index contributed by atoms with van der Waals surface area (Å²) in [5, 5.41) is 8.46. The predicted octanol–water partition coefficient (Wildman–Crippen LogP) is 1.70. The van der Waals surface area contributed by atoms with Crippen LogP contribution in [0.5, 0.6) is 0 Å². The molecule has 1 rings (SSSR count). The van der Waals surface area contributed by atoms with Gasteiger partial charge in [0.1, 0.15) is 6.04 Å². The van der Waals surface area contributed by atoms with Crippen molar-refractivity contribution in [3.63, 3.8) is 0 Å². The molecular formula is C9H12F3NO3S. The average Bonchev–Trinajstić information content (AvgIpc) is 2.55. The van der Waals surface area contributed by atoms with Gasteiger partial charge < -0.3 is 10.0 Å². The molecule has 0 aliphatic carbocycles. The summed E-state index contributed by atoms with van der Waals surface area (Å²) < 4.78 is 35.9. The van der Waals surface area contributed by atoms with Gasteiger partial charge in [-0.05, 0) is 6.92 Å². The molecule has 1 heterocycles. The monoisotopic (exact) mass is 271 g/mol. The first-order valence-corrected chi connectivity index (χ1v) is 5.99. The molecule has 0 aromatic carbocycles. The number of hydrogen-bond donors (Lipinski definition) is 1. The first-order valence-electron chi connectivity index (χ1n) is 4.94. The third kappa shape index (κ3) is 3.79. The van der Waals surface area contributed by atoms with Crippen molar-refractivity contribution >= 4 is 23.6 Å². The smallest absolute Gasteiger partial charge is 0.389 e. The van der Waals surface area contributed by atoms with Crippen LogP contribution < -0.4 is 0 Å². The minimum atomic E-state index is -4.40. The van der Waals surface area contributed by atoms with E-state index in [1.54, 1.807) is 6.92 Å². The van der Waals surface area contributed by atoms with E-state index in [9.17, 15) is 22.8 Å². The third-order valence-electron chi connectivity index (χ3n) is 2.42. The van der Waals surface area contributed by atoms with Crippen LogP contribution in [0.2, 0.25) is 0 Å². The fraction of sp³-hybridized carbons (Fsp3) is 0.778. The maximum Gasteiger partial charge on any atom is 0.389 e. The Kier molecular flexibility index (Phi) is 4.29. The topological polar surface area (TPSA) is 57.6 Å². The standard InChI is InChI=1S/C9H12F3NO3S/c1-5-13(6(4-17-5)8(15)16)7(14)2-3-9(10,11)12/h5-6H,2-4H2,1H3,(H,15,16). The van der Waals surface area contributed by atoms with Gasteiger partial charge >= 0.3 is 12.1 Å². The molecule has 8 heteroatoms. The van der Waals surface area contributed by atoms with Gasteiger partial charge in [0.15, 0.2) is 0 Å². The van der Waals surface area contributed by atoms with E-state index in [-0.39, 0.29) is 5.75 Å². The quantitative estimate of drug-likeness (QED) is 0.849. The lowest BCUT2D eigenvalue weighted by molar-refractivity contribution is -0.155. The Hall–Kier alpha value is -0.920. The third-order valence-corrected chi connectivity index (χ3v) is 3.64. The fourth-order valence-electron chi connectivity index (χ4n) is 1.59. The van der Waals surface area contributed by atoms with Crippen molar-refractivity contribution in [3.8, 4) is 0 Å². The van der Waals surface area contributed by atoms with Gasteiger partial charge in [-0.1, -0.05) is 0 Å². The summed E-state index contributed by atoms with van der Waals surface area (Å²) in [6.07, 6.45) is -6.31. The van der Waals surface area contributed by atoms with Crippen molar-refractivity contribution in [1.82, 2.24) is 4.90 Å². The lowest BCUT2D eigenvalue weighted by Gasteiger charge is -2.25. The van der Waals surface area contributed by atoms with Crippen LogP contribution in [0.15, 0.2) is 0 Å². The van der Waals surface area contributed by atoms with E-state index in [0.29, 0.717) is 0 Å². The molecule has 98 valence electrons. The molecular weight excluding hydrogens is 259 g/mol. The SMILES string of the molecule is CC1SCC(C(=O)O)N1C(=O)CCC(F)(F)F. The Morgan fingerprint density at radius 3 is 2.53 bits per heavy atom. The van der Waals surface area contributed by atoms with Gasteiger partial charge in [0.2, 0.25) is 5.91 Å². The van der Waals surface area contributed by atoms with Crippen LogP contribution in [0.25, 0.3) is 0 Å². The lowest BCUT2D eigenvalue weighted by atomic mass is 10.2. The van der Waals surface area contributed by atoms with Gasteiger partial charge in [0, 0.05) is 12.2 Å². The van der Waals surface area contributed by atoms with Crippen molar-refractivity contribution in [2.24, 2.45) is 0 Å². The number of alkyl halides is 3. The Balaban J connectivity index is 2.63. The number of carbonyl (C=O) groups excluding carboxylic acids is 1. The summed E-state index contributed by atoms with van der Waals surface area (Å²) in [5.41, 5.74) is 0. The molecule has 1 saturated heterocycles. The van der Waals surface area contributed by atoms with Gasteiger partial charge in [-0.3, -0.25) is 4.79 Å². The Labute approximate surface area is 100 Å². The Bertz CT molecular complexity index is 321. The maximum absolute atomic E-state index is 12.0. The van der Waals surface area contributed by atoms with E-state index in [0.717, 1.165) is 4.90 Å². The van der Waals surface area contributed by atoms with E-state index >= 15 is 0 Å². The van der Waals surface area contributed by atoms with Gasteiger partial charge in [-0.25, -0.2) is 4.79 Å². The van der Waals surface area contributed by atoms with Crippen LogP contribution in [0.1, 0.15) is 19.8 Å². The van der Waals surface area contributed by atoms with Crippen molar-refractivity contribution in [3.05, 3.63) is 0 Å². The molecule has 17 heavy (non-hydrogen) atoms. The van der Waals surface area contributed by atoms with Crippen LogP contribution >= 0.6 is 11.8 Å². The van der Waals surface area contributed by atoms with Gasteiger partial charge in [0.25, 0.3) is 0 Å². The molecule has 0 saturated carbocycles. The molecule has 0 aromatic rings. The molecule has 1 aliphatic rings. The molecule has 2 unspecified atom stereocenters. The number of carboxylic acids is 1. The second-order valence-corrected chi connectivity index (χ2v) is 5.05. The highest BCUT2D eigenvalue weighted by molar-refractivity contribution is 8.00. The lowest BCUT2D eigenvalue weighted by Crippen LogP contribution is -2.45. The van der Waals surface area contributed by atoms with E-state index in [2.05, 4.69) is 0 Å². The number of hydrogen-bond acceptors (Lipinski definition) is 3. The fourth-order valence-corrected chi connectivity index (χ4v) is 2.78. The maximum atomic E-state index is 12.0. The number of aliphatic carboxylic acids is 1. The molecule has 1 fully saturated rings. The largest absolute Gasteiger partial charge is 0.480 e. The zero-order chi connectivity index (χ0) is 13.2.